The average molecular weight is 313 g/mol. The van der Waals surface area contributed by atoms with Crippen molar-refractivity contribution in [2.45, 2.75) is 24.4 Å². The van der Waals surface area contributed by atoms with Crippen LogP contribution in [-0.4, -0.2) is 18.4 Å². The van der Waals surface area contributed by atoms with Gasteiger partial charge >= 0.3 is 0 Å². The van der Waals surface area contributed by atoms with Crippen molar-refractivity contribution in [3.8, 4) is 0 Å². The van der Waals surface area contributed by atoms with E-state index in [1.165, 1.54) is 23.6 Å². The summed E-state index contributed by atoms with van der Waals surface area (Å²) in [6.45, 7) is 3.48. The number of hydrogen-bond donors (Lipinski definition) is 3. The third-order valence-corrected chi connectivity index (χ3v) is 5.25. The molecule has 0 saturated heterocycles. The minimum atomic E-state index is -3.82. The number of hydrogen-bond acceptors (Lipinski definition) is 7. The van der Waals surface area contributed by atoms with E-state index in [-0.39, 0.29) is 10.7 Å². The molecule has 0 amide bonds. The van der Waals surface area contributed by atoms with E-state index in [4.69, 9.17) is 5.84 Å². The smallest absolute Gasteiger partial charge is 0.261 e. The van der Waals surface area contributed by atoms with Gasteiger partial charge in [-0.1, -0.05) is 0 Å². The van der Waals surface area contributed by atoms with Gasteiger partial charge in [0.1, 0.15) is 5.01 Å². The summed E-state index contributed by atoms with van der Waals surface area (Å²) in [5.74, 6) is 5.31. The number of aromatic nitrogens is 2. The number of nitrogens with two attached hydrogens (primary N) is 1. The molecule has 2 aromatic rings. The number of pyridine rings is 1. The van der Waals surface area contributed by atoms with Crippen LogP contribution in [0, 0.1) is 0 Å². The summed E-state index contributed by atoms with van der Waals surface area (Å²) in [6, 6.07) is 3.14. The minimum absolute atomic E-state index is 0.146. The molecule has 20 heavy (non-hydrogen) atoms. The van der Waals surface area contributed by atoms with Crippen LogP contribution in [0.2, 0.25) is 0 Å². The summed E-state index contributed by atoms with van der Waals surface area (Å²) >= 11 is 1.38. The van der Waals surface area contributed by atoms with Crippen LogP contribution in [0.25, 0.3) is 0 Å². The largest absolute Gasteiger partial charge is 0.321 e. The van der Waals surface area contributed by atoms with E-state index in [9.17, 15) is 8.42 Å². The fourth-order valence-electron chi connectivity index (χ4n) is 1.67. The summed E-state index contributed by atoms with van der Waals surface area (Å²) in [6.07, 6.45) is 3.02. The highest BCUT2D eigenvalue weighted by Gasteiger charge is 2.32. The zero-order valence-corrected chi connectivity index (χ0v) is 12.6. The minimum Gasteiger partial charge on any atom is -0.321 e. The van der Waals surface area contributed by atoms with Gasteiger partial charge in [0.15, 0.2) is 5.03 Å². The highest BCUT2D eigenvalue weighted by Crippen LogP contribution is 2.26. The highest BCUT2D eigenvalue weighted by molar-refractivity contribution is 7.89. The predicted molar refractivity (Wildman–Crippen MR) is 77.5 cm³/mol. The van der Waals surface area contributed by atoms with Crippen molar-refractivity contribution in [1.82, 2.24) is 14.7 Å². The van der Waals surface area contributed by atoms with Crippen LogP contribution in [-0.2, 0) is 15.6 Å². The van der Waals surface area contributed by atoms with Gasteiger partial charge in [0, 0.05) is 17.8 Å². The monoisotopic (exact) mass is 313 g/mol. The Morgan fingerprint density at radius 1 is 1.30 bits per heavy atom. The number of anilines is 1. The SMILES string of the molecule is CC(C)(NS(=O)(=O)c1ncccc1NN)c1nccs1. The van der Waals surface area contributed by atoms with Crippen molar-refractivity contribution in [3.05, 3.63) is 34.9 Å². The lowest BCUT2D eigenvalue weighted by molar-refractivity contribution is 0.468. The molecule has 7 nitrogen and oxygen atoms in total. The molecule has 9 heteroatoms. The van der Waals surface area contributed by atoms with E-state index < -0.39 is 15.6 Å². The van der Waals surface area contributed by atoms with E-state index in [1.54, 1.807) is 31.5 Å². The Labute approximate surface area is 121 Å². The quantitative estimate of drug-likeness (QED) is 0.562. The number of sulfonamides is 1. The van der Waals surface area contributed by atoms with E-state index >= 15 is 0 Å². The van der Waals surface area contributed by atoms with Crippen LogP contribution in [0.4, 0.5) is 5.69 Å². The van der Waals surface area contributed by atoms with Crippen molar-refractivity contribution < 1.29 is 8.42 Å². The van der Waals surface area contributed by atoms with Gasteiger partial charge in [-0.15, -0.1) is 11.3 Å². The standard InChI is InChI=1S/C11H15N5O2S2/c1-11(2,10-14-6-7-19-10)16-20(17,18)9-8(15-12)4-3-5-13-9/h3-7,15-16H,12H2,1-2H3. The molecule has 2 aromatic heterocycles. The van der Waals surface area contributed by atoms with Gasteiger partial charge in [-0.3, -0.25) is 5.84 Å². The summed E-state index contributed by atoms with van der Waals surface area (Å²) in [5, 5.41) is 2.31. The molecule has 2 rings (SSSR count). The number of rotatable bonds is 5. The second kappa shape index (κ2) is 5.44. The molecule has 0 aliphatic carbocycles. The van der Waals surface area contributed by atoms with E-state index in [2.05, 4.69) is 20.1 Å². The molecule has 0 spiro atoms. The first-order valence-electron chi connectivity index (χ1n) is 5.72. The molecule has 0 saturated carbocycles. The Balaban J connectivity index is 2.37. The maximum absolute atomic E-state index is 12.4. The zero-order valence-electron chi connectivity index (χ0n) is 11.0. The van der Waals surface area contributed by atoms with E-state index in [0.717, 1.165) is 0 Å². The van der Waals surface area contributed by atoms with Crippen molar-refractivity contribution >= 4 is 27.0 Å². The number of thiazole rings is 1. The number of nitrogens with zero attached hydrogens (tertiary/aromatic N) is 2. The van der Waals surface area contributed by atoms with Crippen molar-refractivity contribution in [2.24, 2.45) is 5.84 Å². The van der Waals surface area contributed by atoms with Gasteiger partial charge in [-0.25, -0.2) is 18.4 Å². The average Bonchev–Trinajstić information content (AvgIpc) is 2.92. The van der Waals surface area contributed by atoms with Crippen molar-refractivity contribution in [3.63, 3.8) is 0 Å². The third kappa shape index (κ3) is 2.96. The third-order valence-electron chi connectivity index (χ3n) is 2.54. The molecule has 0 fully saturated rings. The van der Waals surface area contributed by atoms with E-state index in [0.29, 0.717) is 5.01 Å². The molecular formula is C11H15N5O2S2. The summed E-state index contributed by atoms with van der Waals surface area (Å²) in [5.41, 5.74) is 1.72. The number of nitrogens with one attached hydrogen (secondary N) is 2. The van der Waals surface area contributed by atoms with E-state index in [1.807, 2.05) is 0 Å². The van der Waals surface area contributed by atoms with Crippen LogP contribution in [0.15, 0.2) is 34.9 Å². The first kappa shape index (κ1) is 14.9. The van der Waals surface area contributed by atoms with Gasteiger partial charge in [-0.05, 0) is 26.0 Å². The number of hydrazine groups is 1. The molecule has 0 unspecified atom stereocenters. The molecule has 4 N–H and O–H groups in total. The fourth-order valence-corrected chi connectivity index (χ4v) is 3.94. The Morgan fingerprint density at radius 3 is 2.65 bits per heavy atom. The lowest BCUT2D eigenvalue weighted by atomic mass is 10.1. The second-order valence-electron chi connectivity index (χ2n) is 4.57. The first-order chi connectivity index (χ1) is 9.37. The molecule has 0 aromatic carbocycles. The number of nitrogen functional groups attached to an aromatic ring is 1. The van der Waals surface area contributed by atoms with Gasteiger partial charge in [0.25, 0.3) is 10.0 Å². The summed E-state index contributed by atoms with van der Waals surface area (Å²) in [7, 11) is -3.82. The van der Waals surface area contributed by atoms with Gasteiger partial charge in [0.05, 0.1) is 11.2 Å². The molecule has 2 heterocycles. The highest BCUT2D eigenvalue weighted by atomic mass is 32.2. The normalized spacial score (nSPS) is 12.3. The Hall–Kier alpha value is -1.55. The molecular weight excluding hydrogens is 298 g/mol. The topological polar surface area (TPSA) is 110 Å². The fraction of sp³-hybridized carbons (Fsp3) is 0.273. The van der Waals surface area contributed by atoms with Crippen LogP contribution in [0.1, 0.15) is 18.9 Å². The first-order valence-corrected chi connectivity index (χ1v) is 8.09. The molecule has 0 atom stereocenters. The zero-order chi connectivity index (χ0) is 14.8. The van der Waals surface area contributed by atoms with Gasteiger partial charge < -0.3 is 5.43 Å². The van der Waals surface area contributed by atoms with Crippen LogP contribution < -0.4 is 16.0 Å². The molecule has 0 aliphatic rings. The summed E-state index contributed by atoms with van der Waals surface area (Å²) in [4.78, 5) is 8.02. The Morgan fingerprint density at radius 2 is 2.05 bits per heavy atom. The maximum atomic E-state index is 12.4. The van der Waals surface area contributed by atoms with Gasteiger partial charge in [0.2, 0.25) is 0 Å². The lowest BCUT2D eigenvalue weighted by Gasteiger charge is -2.23. The second-order valence-corrected chi connectivity index (χ2v) is 7.06. The van der Waals surface area contributed by atoms with Crippen molar-refractivity contribution in [2.75, 3.05) is 5.43 Å². The Kier molecular flexibility index (Phi) is 4.04. The van der Waals surface area contributed by atoms with Crippen LogP contribution in [0.5, 0.6) is 0 Å². The molecule has 108 valence electrons. The van der Waals surface area contributed by atoms with Crippen LogP contribution in [0.3, 0.4) is 0 Å². The molecule has 0 aliphatic heterocycles. The molecule has 0 bridgehead atoms. The lowest BCUT2D eigenvalue weighted by Crippen LogP contribution is -2.41. The predicted octanol–water partition coefficient (Wildman–Crippen LogP) is 1.04. The maximum Gasteiger partial charge on any atom is 0.261 e. The molecule has 0 radical (unpaired) electrons. The van der Waals surface area contributed by atoms with Crippen LogP contribution >= 0.6 is 11.3 Å². The summed E-state index contributed by atoms with van der Waals surface area (Å²) < 4.78 is 27.4. The Bertz CT molecular complexity index is 683. The van der Waals surface area contributed by atoms with Crippen molar-refractivity contribution in [1.29, 1.82) is 0 Å². The van der Waals surface area contributed by atoms with Gasteiger partial charge in [-0.2, -0.15) is 4.72 Å².